The third-order valence-electron chi connectivity index (χ3n) is 3.56. The van der Waals surface area contributed by atoms with Crippen LogP contribution in [0.15, 0.2) is 18.3 Å². The highest BCUT2D eigenvalue weighted by Gasteiger charge is 2.18. The van der Waals surface area contributed by atoms with Gasteiger partial charge in [-0.25, -0.2) is 4.98 Å². The van der Waals surface area contributed by atoms with Gasteiger partial charge in [-0.15, -0.1) is 0 Å². The fraction of sp³-hybridized carbons (Fsp3) is 0.667. The number of nitrogens with zero attached hydrogens (tertiary/aromatic N) is 2. The lowest BCUT2D eigenvalue weighted by molar-refractivity contribution is 0.0576. The molecule has 0 aromatic carbocycles. The van der Waals surface area contributed by atoms with Crippen molar-refractivity contribution in [1.82, 2.24) is 4.98 Å². The Morgan fingerprint density at radius 3 is 3.11 bits per heavy atom. The molecule has 0 amide bonds. The van der Waals surface area contributed by atoms with Crippen molar-refractivity contribution in [3.63, 3.8) is 0 Å². The number of nitrogens with two attached hydrogens (primary N) is 1. The van der Waals surface area contributed by atoms with E-state index in [1.54, 1.807) is 0 Å². The highest BCUT2D eigenvalue weighted by Crippen LogP contribution is 2.21. The zero-order chi connectivity index (χ0) is 13.7. The van der Waals surface area contributed by atoms with E-state index < -0.39 is 0 Å². The Kier molecular flexibility index (Phi) is 5.16. The van der Waals surface area contributed by atoms with Crippen molar-refractivity contribution in [2.75, 3.05) is 31.7 Å². The summed E-state index contributed by atoms with van der Waals surface area (Å²) < 4.78 is 5.55. The van der Waals surface area contributed by atoms with Crippen molar-refractivity contribution in [2.24, 2.45) is 11.7 Å². The molecule has 0 bridgehead atoms. The molecule has 0 spiro atoms. The van der Waals surface area contributed by atoms with Crippen LogP contribution < -0.4 is 10.6 Å². The fourth-order valence-corrected chi connectivity index (χ4v) is 2.71. The van der Waals surface area contributed by atoms with E-state index >= 15 is 0 Å². The minimum Gasteiger partial charge on any atom is -0.381 e. The summed E-state index contributed by atoms with van der Waals surface area (Å²) in [7, 11) is 2.11. The number of pyridine rings is 1. The van der Waals surface area contributed by atoms with Crippen LogP contribution in [0.25, 0.3) is 0 Å². The molecule has 2 heterocycles. The Balaban J connectivity index is 2.02. The maximum Gasteiger partial charge on any atom is 0.131 e. The van der Waals surface area contributed by atoms with Crippen LogP contribution >= 0.6 is 0 Å². The van der Waals surface area contributed by atoms with Gasteiger partial charge in [-0.05, 0) is 43.7 Å². The van der Waals surface area contributed by atoms with Crippen LogP contribution in [0.2, 0.25) is 0 Å². The molecule has 4 nitrogen and oxygen atoms in total. The lowest BCUT2D eigenvalue weighted by atomic mass is 10.0. The predicted octanol–water partition coefficient (Wildman–Crippen LogP) is 1.83. The Labute approximate surface area is 116 Å². The molecule has 1 aromatic heterocycles. The van der Waals surface area contributed by atoms with Gasteiger partial charge in [0.15, 0.2) is 0 Å². The van der Waals surface area contributed by atoms with Crippen LogP contribution in [0.4, 0.5) is 5.82 Å². The van der Waals surface area contributed by atoms with Crippen molar-refractivity contribution in [3.05, 3.63) is 23.9 Å². The molecule has 0 saturated carbocycles. The maximum absolute atomic E-state index is 5.91. The van der Waals surface area contributed by atoms with Crippen LogP contribution in [0.3, 0.4) is 0 Å². The lowest BCUT2D eigenvalue weighted by Crippen LogP contribution is -2.32. The molecule has 2 N–H and O–H groups in total. The van der Waals surface area contributed by atoms with Gasteiger partial charge in [0.2, 0.25) is 0 Å². The van der Waals surface area contributed by atoms with E-state index in [1.165, 1.54) is 18.4 Å². The second-order valence-corrected chi connectivity index (χ2v) is 5.63. The largest absolute Gasteiger partial charge is 0.381 e. The van der Waals surface area contributed by atoms with Crippen molar-refractivity contribution < 1.29 is 4.74 Å². The maximum atomic E-state index is 5.91. The highest BCUT2D eigenvalue weighted by molar-refractivity contribution is 5.46. The molecule has 1 fully saturated rings. The Morgan fingerprint density at radius 2 is 2.42 bits per heavy atom. The second kappa shape index (κ2) is 6.87. The Hall–Kier alpha value is -1.13. The molecule has 2 unspecified atom stereocenters. The molecular formula is C15H25N3O. The predicted molar refractivity (Wildman–Crippen MR) is 78.4 cm³/mol. The normalized spacial score (nSPS) is 21.1. The van der Waals surface area contributed by atoms with Gasteiger partial charge < -0.3 is 15.4 Å². The number of rotatable bonds is 5. The fourth-order valence-electron chi connectivity index (χ4n) is 2.71. The first kappa shape index (κ1) is 14.3. The number of anilines is 1. The summed E-state index contributed by atoms with van der Waals surface area (Å²) >= 11 is 0. The Morgan fingerprint density at radius 1 is 1.58 bits per heavy atom. The molecule has 0 radical (unpaired) electrons. The lowest BCUT2D eigenvalue weighted by Gasteiger charge is -2.29. The molecule has 1 aliphatic rings. The summed E-state index contributed by atoms with van der Waals surface area (Å²) in [5.41, 5.74) is 7.14. The van der Waals surface area contributed by atoms with Crippen LogP contribution in [0.1, 0.15) is 25.3 Å². The molecule has 106 valence electrons. The monoisotopic (exact) mass is 263 g/mol. The molecule has 0 aliphatic carbocycles. The van der Waals surface area contributed by atoms with Crippen molar-refractivity contribution in [1.29, 1.82) is 0 Å². The first-order valence-electron chi connectivity index (χ1n) is 7.15. The molecular weight excluding hydrogens is 238 g/mol. The van der Waals surface area contributed by atoms with Crippen LogP contribution in [0.5, 0.6) is 0 Å². The van der Waals surface area contributed by atoms with E-state index in [9.17, 15) is 0 Å². The molecule has 2 rings (SSSR count). The van der Waals surface area contributed by atoms with Gasteiger partial charge in [0.05, 0.1) is 6.61 Å². The molecule has 1 aliphatic heterocycles. The van der Waals surface area contributed by atoms with Gasteiger partial charge in [-0.3, -0.25) is 0 Å². The molecule has 4 heteroatoms. The van der Waals surface area contributed by atoms with E-state index in [2.05, 4.69) is 23.0 Å². The average Bonchev–Trinajstić information content (AvgIpc) is 2.39. The number of hydrogen-bond donors (Lipinski definition) is 1. The molecule has 19 heavy (non-hydrogen) atoms. The molecule has 1 saturated heterocycles. The summed E-state index contributed by atoms with van der Waals surface area (Å²) in [5, 5.41) is 0. The first-order chi connectivity index (χ1) is 9.16. The zero-order valence-electron chi connectivity index (χ0n) is 12.0. The van der Waals surface area contributed by atoms with E-state index in [-0.39, 0.29) is 6.04 Å². The standard InChI is InChI=1S/C15H25N3O/c1-12(16)9-14-6-3-7-17-15(14)18(2)10-13-5-4-8-19-11-13/h3,6-7,12-13H,4-5,8-11,16H2,1-2H3. The van der Waals surface area contributed by atoms with Crippen LogP contribution in [-0.2, 0) is 11.2 Å². The smallest absolute Gasteiger partial charge is 0.131 e. The van der Waals surface area contributed by atoms with E-state index in [4.69, 9.17) is 10.5 Å². The number of hydrogen-bond acceptors (Lipinski definition) is 4. The van der Waals surface area contributed by atoms with Crippen LogP contribution in [-0.4, -0.2) is 37.8 Å². The van der Waals surface area contributed by atoms with Crippen molar-refractivity contribution in [3.8, 4) is 0 Å². The van der Waals surface area contributed by atoms with E-state index in [0.29, 0.717) is 5.92 Å². The summed E-state index contributed by atoms with van der Waals surface area (Å²) in [4.78, 5) is 6.77. The van der Waals surface area contributed by atoms with Gasteiger partial charge in [0, 0.05) is 32.4 Å². The van der Waals surface area contributed by atoms with E-state index in [0.717, 1.165) is 32.0 Å². The van der Waals surface area contributed by atoms with Gasteiger partial charge in [-0.1, -0.05) is 6.07 Å². The quantitative estimate of drug-likeness (QED) is 0.880. The van der Waals surface area contributed by atoms with Crippen LogP contribution in [0, 0.1) is 5.92 Å². The summed E-state index contributed by atoms with van der Waals surface area (Å²) in [6.45, 7) is 4.83. The van der Waals surface area contributed by atoms with Gasteiger partial charge in [-0.2, -0.15) is 0 Å². The third-order valence-corrected chi connectivity index (χ3v) is 3.56. The second-order valence-electron chi connectivity index (χ2n) is 5.63. The first-order valence-corrected chi connectivity index (χ1v) is 7.15. The van der Waals surface area contributed by atoms with Crippen molar-refractivity contribution in [2.45, 2.75) is 32.2 Å². The summed E-state index contributed by atoms with van der Waals surface area (Å²) in [5.74, 6) is 1.68. The topological polar surface area (TPSA) is 51.4 Å². The van der Waals surface area contributed by atoms with Crippen molar-refractivity contribution >= 4 is 5.82 Å². The van der Waals surface area contributed by atoms with Gasteiger partial charge in [0.1, 0.15) is 5.82 Å². The molecule has 2 atom stereocenters. The van der Waals surface area contributed by atoms with Gasteiger partial charge >= 0.3 is 0 Å². The minimum absolute atomic E-state index is 0.161. The minimum atomic E-state index is 0.161. The SMILES string of the molecule is CC(N)Cc1cccnc1N(C)CC1CCCOC1. The summed E-state index contributed by atoms with van der Waals surface area (Å²) in [6, 6.07) is 4.27. The van der Waals surface area contributed by atoms with E-state index in [1.807, 2.05) is 19.2 Å². The number of ether oxygens (including phenoxy) is 1. The third kappa shape index (κ3) is 4.18. The molecule has 1 aromatic rings. The average molecular weight is 263 g/mol. The summed E-state index contributed by atoms with van der Waals surface area (Å²) in [6.07, 6.45) is 5.15. The highest BCUT2D eigenvalue weighted by atomic mass is 16.5. The van der Waals surface area contributed by atoms with Gasteiger partial charge in [0.25, 0.3) is 0 Å². The zero-order valence-corrected chi connectivity index (χ0v) is 12.0. The Bertz CT molecular complexity index is 389. The number of aromatic nitrogens is 1.